The summed E-state index contributed by atoms with van der Waals surface area (Å²) < 4.78 is 25.5. The van der Waals surface area contributed by atoms with E-state index in [1.807, 2.05) is 6.92 Å². The summed E-state index contributed by atoms with van der Waals surface area (Å²) in [5.74, 6) is 0.766. The maximum absolute atomic E-state index is 11.5. The van der Waals surface area contributed by atoms with Gasteiger partial charge in [0.25, 0.3) is 0 Å². The van der Waals surface area contributed by atoms with Crippen molar-refractivity contribution < 1.29 is 13.5 Å². The van der Waals surface area contributed by atoms with Crippen molar-refractivity contribution in [2.24, 2.45) is 11.7 Å². The summed E-state index contributed by atoms with van der Waals surface area (Å²) in [4.78, 5) is 0. The first kappa shape index (κ1) is 17.9. The first-order valence-corrected chi connectivity index (χ1v) is 9.51. The fourth-order valence-corrected chi connectivity index (χ4v) is 3.99. The van der Waals surface area contributed by atoms with Gasteiger partial charge in [-0.05, 0) is 25.2 Å². The number of nitrogens with two attached hydrogens (primary N) is 1. The summed E-state index contributed by atoms with van der Waals surface area (Å²) >= 11 is 0. The van der Waals surface area contributed by atoms with Gasteiger partial charge in [-0.2, -0.15) is 0 Å². The largest absolute Gasteiger partial charge is 0.391 e. The van der Waals surface area contributed by atoms with Gasteiger partial charge in [-0.3, -0.25) is 0 Å². The molecule has 1 rings (SSSR count). The molecule has 6 heteroatoms. The van der Waals surface area contributed by atoms with E-state index in [0.717, 1.165) is 6.42 Å². The molecule has 0 aromatic carbocycles. The predicted molar refractivity (Wildman–Crippen MR) is 81.9 cm³/mol. The molecule has 0 aromatic heterocycles. The monoisotopic (exact) mass is 306 g/mol. The van der Waals surface area contributed by atoms with Crippen molar-refractivity contribution in [1.82, 2.24) is 4.72 Å². The van der Waals surface area contributed by atoms with Crippen LogP contribution in [-0.4, -0.2) is 38.0 Å². The molecular formula is C14H30N2O3S. The van der Waals surface area contributed by atoms with Gasteiger partial charge in [0.05, 0.1) is 11.9 Å². The SMILES string of the molecule is CCCS(=O)(=O)NCCC(O)C(N)CC1CCCCC1. The Balaban J connectivity index is 2.22. The van der Waals surface area contributed by atoms with Crippen LogP contribution in [0.4, 0.5) is 0 Å². The summed E-state index contributed by atoms with van der Waals surface area (Å²) in [5.41, 5.74) is 6.03. The molecule has 20 heavy (non-hydrogen) atoms. The lowest BCUT2D eigenvalue weighted by Gasteiger charge is -2.27. The smallest absolute Gasteiger partial charge is 0.211 e. The Hall–Kier alpha value is -0.170. The Kier molecular flexibility index (Phi) is 8.02. The molecule has 0 heterocycles. The van der Waals surface area contributed by atoms with Gasteiger partial charge in [0, 0.05) is 12.6 Å². The third-order valence-electron chi connectivity index (χ3n) is 4.06. The standard InChI is InChI=1S/C14H30N2O3S/c1-2-10-20(18,19)16-9-8-14(17)13(15)11-12-6-4-3-5-7-12/h12-14,16-17H,2-11,15H2,1H3. The van der Waals surface area contributed by atoms with Crippen LogP contribution in [0.1, 0.15) is 58.3 Å². The number of sulfonamides is 1. The Morgan fingerprint density at radius 3 is 2.55 bits per heavy atom. The highest BCUT2D eigenvalue weighted by molar-refractivity contribution is 7.89. The van der Waals surface area contributed by atoms with Crippen molar-refractivity contribution in [2.45, 2.75) is 70.4 Å². The molecule has 2 unspecified atom stereocenters. The van der Waals surface area contributed by atoms with E-state index in [4.69, 9.17) is 5.73 Å². The molecule has 1 aliphatic rings. The Morgan fingerprint density at radius 2 is 1.95 bits per heavy atom. The van der Waals surface area contributed by atoms with Gasteiger partial charge in [0.2, 0.25) is 10.0 Å². The van der Waals surface area contributed by atoms with E-state index in [-0.39, 0.29) is 18.3 Å². The summed E-state index contributed by atoms with van der Waals surface area (Å²) in [7, 11) is -3.18. The molecule has 4 N–H and O–H groups in total. The minimum Gasteiger partial charge on any atom is -0.391 e. The van der Waals surface area contributed by atoms with Crippen LogP contribution in [0.3, 0.4) is 0 Å². The molecule has 0 bridgehead atoms. The molecule has 1 aliphatic carbocycles. The van der Waals surface area contributed by atoms with Crippen LogP contribution in [0.5, 0.6) is 0 Å². The maximum Gasteiger partial charge on any atom is 0.211 e. The van der Waals surface area contributed by atoms with E-state index < -0.39 is 16.1 Å². The van der Waals surface area contributed by atoms with Gasteiger partial charge in [-0.1, -0.05) is 39.0 Å². The van der Waals surface area contributed by atoms with Crippen molar-refractivity contribution in [1.29, 1.82) is 0 Å². The minimum absolute atomic E-state index is 0.136. The summed E-state index contributed by atoms with van der Waals surface area (Å²) in [6, 6.07) is -0.242. The third-order valence-corrected chi connectivity index (χ3v) is 5.65. The van der Waals surface area contributed by atoms with Crippen LogP contribution < -0.4 is 10.5 Å². The van der Waals surface area contributed by atoms with Gasteiger partial charge in [0.15, 0.2) is 0 Å². The molecule has 1 fully saturated rings. The third kappa shape index (κ3) is 7.02. The van der Waals surface area contributed by atoms with Gasteiger partial charge in [-0.25, -0.2) is 13.1 Å². The Morgan fingerprint density at radius 1 is 1.30 bits per heavy atom. The average Bonchev–Trinajstić information content (AvgIpc) is 2.39. The van der Waals surface area contributed by atoms with Crippen molar-refractivity contribution in [2.75, 3.05) is 12.3 Å². The zero-order valence-electron chi connectivity index (χ0n) is 12.6. The van der Waals surface area contributed by atoms with Crippen molar-refractivity contribution in [3.63, 3.8) is 0 Å². The molecule has 120 valence electrons. The number of hydrogen-bond donors (Lipinski definition) is 3. The number of aliphatic hydroxyl groups excluding tert-OH is 1. The van der Waals surface area contributed by atoms with Crippen molar-refractivity contribution in [3.05, 3.63) is 0 Å². The van der Waals surface area contributed by atoms with Crippen LogP contribution in [0.15, 0.2) is 0 Å². The number of rotatable bonds is 9. The van der Waals surface area contributed by atoms with E-state index in [2.05, 4.69) is 4.72 Å². The van der Waals surface area contributed by atoms with Crippen LogP contribution in [-0.2, 0) is 10.0 Å². The minimum atomic E-state index is -3.18. The molecule has 0 saturated heterocycles. The lowest BCUT2D eigenvalue weighted by molar-refractivity contribution is 0.119. The second kappa shape index (κ2) is 8.97. The fourth-order valence-electron chi connectivity index (χ4n) is 2.88. The highest BCUT2D eigenvalue weighted by Gasteiger charge is 2.21. The molecule has 2 atom stereocenters. The molecule has 0 amide bonds. The van der Waals surface area contributed by atoms with Gasteiger partial charge in [0.1, 0.15) is 0 Å². The fraction of sp³-hybridized carbons (Fsp3) is 1.00. The molecule has 0 spiro atoms. The summed E-state index contributed by atoms with van der Waals surface area (Å²) in [6.07, 6.45) is 7.48. The number of aliphatic hydroxyl groups is 1. The highest BCUT2D eigenvalue weighted by Crippen LogP contribution is 2.27. The molecule has 1 saturated carbocycles. The quantitative estimate of drug-likeness (QED) is 0.600. The Labute approximate surface area is 123 Å². The van der Waals surface area contributed by atoms with Gasteiger partial charge < -0.3 is 10.8 Å². The normalized spacial score (nSPS) is 20.8. The molecule has 0 aliphatic heterocycles. The van der Waals surface area contributed by atoms with E-state index in [9.17, 15) is 13.5 Å². The first-order valence-electron chi connectivity index (χ1n) is 7.85. The van der Waals surface area contributed by atoms with Crippen LogP contribution >= 0.6 is 0 Å². The lowest BCUT2D eigenvalue weighted by atomic mass is 9.83. The van der Waals surface area contributed by atoms with Crippen LogP contribution in [0.25, 0.3) is 0 Å². The molecule has 5 nitrogen and oxygen atoms in total. The van der Waals surface area contributed by atoms with E-state index in [1.165, 1.54) is 32.1 Å². The van der Waals surface area contributed by atoms with E-state index in [1.54, 1.807) is 0 Å². The number of nitrogens with one attached hydrogen (secondary N) is 1. The molecule has 0 radical (unpaired) electrons. The molecule has 0 aromatic rings. The topological polar surface area (TPSA) is 92.4 Å². The van der Waals surface area contributed by atoms with Crippen molar-refractivity contribution >= 4 is 10.0 Å². The first-order chi connectivity index (χ1) is 9.44. The van der Waals surface area contributed by atoms with Gasteiger partial charge >= 0.3 is 0 Å². The zero-order valence-corrected chi connectivity index (χ0v) is 13.4. The Bertz CT molecular complexity index is 353. The van der Waals surface area contributed by atoms with E-state index >= 15 is 0 Å². The lowest BCUT2D eigenvalue weighted by Crippen LogP contribution is -2.39. The predicted octanol–water partition coefficient (Wildman–Crippen LogP) is 1.36. The van der Waals surface area contributed by atoms with Gasteiger partial charge in [-0.15, -0.1) is 0 Å². The van der Waals surface area contributed by atoms with Crippen molar-refractivity contribution in [3.8, 4) is 0 Å². The summed E-state index contributed by atoms with van der Waals surface area (Å²) in [6.45, 7) is 2.09. The summed E-state index contributed by atoms with van der Waals surface area (Å²) in [5, 5.41) is 10.0. The number of hydrogen-bond acceptors (Lipinski definition) is 4. The molecular weight excluding hydrogens is 276 g/mol. The van der Waals surface area contributed by atoms with Crippen LogP contribution in [0, 0.1) is 5.92 Å². The highest BCUT2D eigenvalue weighted by atomic mass is 32.2. The van der Waals surface area contributed by atoms with E-state index in [0.29, 0.717) is 18.8 Å². The second-order valence-corrected chi connectivity index (χ2v) is 7.90. The van der Waals surface area contributed by atoms with Crippen LogP contribution in [0.2, 0.25) is 0 Å². The zero-order chi connectivity index (χ0) is 15.0. The second-order valence-electron chi connectivity index (χ2n) is 5.97. The maximum atomic E-state index is 11.5. The average molecular weight is 306 g/mol.